The number of piperidine rings is 1. The number of methoxy groups -OCH3 is 1. The van der Waals surface area contributed by atoms with Gasteiger partial charge in [0.2, 0.25) is 0 Å². The molecule has 1 aliphatic rings. The molecule has 1 saturated heterocycles. The van der Waals surface area contributed by atoms with Crippen molar-refractivity contribution in [2.24, 2.45) is 0 Å². The highest BCUT2D eigenvalue weighted by Gasteiger charge is 2.36. The molecule has 0 radical (unpaired) electrons. The summed E-state index contributed by atoms with van der Waals surface area (Å²) in [4.78, 5) is 25.9. The number of fused-ring (bicyclic) bond motifs is 1. The van der Waals surface area contributed by atoms with Gasteiger partial charge in [-0.2, -0.15) is 0 Å². The van der Waals surface area contributed by atoms with Gasteiger partial charge in [0.1, 0.15) is 5.60 Å². The smallest absolute Gasteiger partial charge is 0.416 e. The van der Waals surface area contributed by atoms with Crippen LogP contribution in [-0.4, -0.2) is 58.7 Å². The van der Waals surface area contributed by atoms with Crippen molar-refractivity contribution in [3.8, 4) is 0 Å². The van der Waals surface area contributed by atoms with E-state index >= 15 is 0 Å². The Hall–Kier alpha value is -2.54. The van der Waals surface area contributed by atoms with Gasteiger partial charge in [-0.05, 0) is 45.2 Å². The van der Waals surface area contributed by atoms with Gasteiger partial charge in [0, 0.05) is 31.2 Å². The SMILES string of the molecule is COC1CN(C(=O)OC(C)(C)C)CCC1c1cn(C(=O)O)c2c(C)cccc12. The van der Waals surface area contributed by atoms with Crippen molar-refractivity contribution in [2.45, 2.75) is 51.7 Å². The lowest BCUT2D eigenvalue weighted by Gasteiger charge is -2.38. The number of carbonyl (C=O) groups excluding carboxylic acids is 1. The van der Waals surface area contributed by atoms with Gasteiger partial charge in [-0.25, -0.2) is 9.59 Å². The lowest BCUT2D eigenvalue weighted by molar-refractivity contribution is -0.0137. The molecule has 1 aromatic carbocycles. The Morgan fingerprint density at radius 2 is 1.96 bits per heavy atom. The van der Waals surface area contributed by atoms with Crippen molar-refractivity contribution >= 4 is 23.1 Å². The molecule has 0 saturated carbocycles. The highest BCUT2D eigenvalue weighted by molar-refractivity contribution is 5.94. The summed E-state index contributed by atoms with van der Waals surface area (Å²) in [6.45, 7) is 8.37. The molecule has 7 heteroatoms. The molecule has 0 bridgehead atoms. The average molecular weight is 388 g/mol. The zero-order valence-electron chi connectivity index (χ0n) is 17.1. The quantitative estimate of drug-likeness (QED) is 0.833. The lowest BCUT2D eigenvalue weighted by Crippen LogP contribution is -2.48. The molecule has 1 aliphatic heterocycles. The average Bonchev–Trinajstić information content (AvgIpc) is 3.01. The van der Waals surface area contributed by atoms with E-state index in [4.69, 9.17) is 9.47 Å². The Bertz CT molecular complexity index is 896. The molecule has 7 nitrogen and oxygen atoms in total. The van der Waals surface area contributed by atoms with Crippen molar-refractivity contribution in [1.82, 2.24) is 9.47 Å². The molecule has 2 atom stereocenters. The number of ether oxygens (including phenoxy) is 2. The number of rotatable bonds is 2. The first kappa shape index (κ1) is 20.2. The van der Waals surface area contributed by atoms with Crippen LogP contribution in [0.1, 0.15) is 44.2 Å². The largest absolute Gasteiger partial charge is 0.464 e. The van der Waals surface area contributed by atoms with Crippen LogP contribution in [-0.2, 0) is 9.47 Å². The zero-order valence-corrected chi connectivity index (χ0v) is 17.1. The second kappa shape index (κ2) is 7.47. The van der Waals surface area contributed by atoms with E-state index in [0.717, 1.165) is 16.5 Å². The van der Waals surface area contributed by atoms with Gasteiger partial charge in [0.15, 0.2) is 0 Å². The Kier molecular flexibility index (Phi) is 5.39. The number of carboxylic acid groups (broad SMARTS) is 1. The van der Waals surface area contributed by atoms with Gasteiger partial charge in [-0.1, -0.05) is 18.2 Å². The second-order valence-electron chi connectivity index (χ2n) is 8.30. The number of carbonyl (C=O) groups is 2. The first-order chi connectivity index (χ1) is 13.1. The van der Waals surface area contributed by atoms with E-state index in [1.807, 2.05) is 45.9 Å². The molecular formula is C21H28N2O5. The number of aromatic nitrogens is 1. The summed E-state index contributed by atoms with van der Waals surface area (Å²) in [6.07, 6.45) is 0.765. The molecule has 2 heterocycles. The minimum absolute atomic E-state index is 0.00594. The van der Waals surface area contributed by atoms with Crippen molar-refractivity contribution in [3.63, 3.8) is 0 Å². The van der Waals surface area contributed by atoms with Crippen molar-refractivity contribution in [1.29, 1.82) is 0 Å². The number of nitrogens with zero attached hydrogens (tertiary/aromatic N) is 2. The summed E-state index contributed by atoms with van der Waals surface area (Å²) in [5.41, 5.74) is 2.00. The highest BCUT2D eigenvalue weighted by atomic mass is 16.6. The van der Waals surface area contributed by atoms with Gasteiger partial charge >= 0.3 is 12.2 Å². The molecule has 0 spiro atoms. The number of amides is 1. The Labute approximate surface area is 164 Å². The summed E-state index contributed by atoms with van der Waals surface area (Å²) in [5, 5.41) is 10.5. The molecule has 1 N–H and O–H groups in total. The zero-order chi connectivity index (χ0) is 20.6. The molecule has 3 rings (SSSR count). The normalized spacial score (nSPS) is 20.4. The van der Waals surface area contributed by atoms with Crippen LogP contribution < -0.4 is 0 Å². The predicted molar refractivity (Wildman–Crippen MR) is 106 cm³/mol. The summed E-state index contributed by atoms with van der Waals surface area (Å²) >= 11 is 0. The number of benzene rings is 1. The Balaban J connectivity index is 1.92. The first-order valence-electron chi connectivity index (χ1n) is 9.47. The van der Waals surface area contributed by atoms with Gasteiger partial charge in [0.25, 0.3) is 0 Å². The minimum atomic E-state index is -1.01. The fraction of sp³-hybridized carbons (Fsp3) is 0.524. The molecule has 1 aromatic heterocycles. The van der Waals surface area contributed by atoms with E-state index < -0.39 is 11.7 Å². The van der Waals surface area contributed by atoms with E-state index in [9.17, 15) is 14.7 Å². The van der Waals surface area contributed by atoms with Crippen LogP contribution in [0.3, 0.4) is 0 Å². The minimum Gasteiger partial charge on any atom is -0.464 e. The second-order valence-corrected chi connectivity index (χ2v) is 8.30. The summed E-state index contributed by atoms with van der Waals surface area (Å²) in [7, 11) is 1.62. The van der Waals surface area contributed by atoms with E-state index in [1.165, 1.54) is 4.57 Å². The lowest BCUT2D eigenvalue weighted by atomic mass is 9.86. The molecule has 0 aliphatic carbocycles. The molecular weight excluding hydrogens is 360 g/mol. The topological polar surface area (TPSA) is 81.0 Å². The van der Waals surface area contributed by atoms with Gasteiger partial charge in [0.05, 0.1) is 18.2 Å². The third-order valence-electron chi connectivity index (χ3n) is 5.18. The van der Waals surface area contributed by atoms with Crippen LogP contribution in [0.25, 0.3) is 10.9 Å². The third kappa shape index (κ3) is 3.85. The Morgan fingerprint density at radius 1 is 1.25 bits per heavy atom. The number of aryl methyl sites for hydroxylation is 1. The molecule has 1 amide bonds. The van der Waals surface area contributed by atoms with Crippen LogP contribution in [0.15, 0.2) is 24.4 Å². The van der Waals surface area contributed by atoms with Crippen LogP contribution >= 0.6 is 0 Å². The monoisotopic (exact) mass is 388 g/mol. The van der Waals surface area contributed by atoms with E-state index in [1.54, 1.807) is 18.2 Å². The van der Waals surface area contributed by atoms with Crippen LogP contribution in [0.2, 0.25) is 0 Å². The molecule has 2 unspecified atom stereocenters. The maximum absolute atomic E-state index is 12.4. The summed E-state index contributed by atoms with van der Waals surface area (Å²) < 4.78 is 12.5. The van der Waals surface area contributed by atoms with Crippen LogP contribution in [0.4, 0.5) is 9.59 Å². The third-order valence-corrected chi connectivity index (χ3v) is 5.18. The Morgan fingerprint density at radius 3 is 2.57 bits per heavy atom. The number of likely N-dealkylation sites (tertiary alicyclic amines) is 1. The highest BCUT2D eigenvalue weighted by Crippen LogP contribution is 2.37. The fourth-order valence-corrected chi connectivity index (χ4v) is 3.93. The number of hydrogen-bond donors (Lipinski definition) is 1. The molecule has 28 heavy (non-hydrogen) atoms. The maximum atomic E-state index is 12.4. The van der Waals surface area contributed by atoms with Crippen LogP contribution in [0, 0.1) is 6.92 Å². The summed E-state index contributed by atoms with van der Waals surface area (Å²) in [6, 6.07) is 5.79. The van der Waals surface area contributed by atoms with Crippen molar-refractivity contribution < 1.29 is 24.2 Å². The standard InChI is InChI=1S/C21H28N2O5/c1-13-7-6-8-15-16(11-23(18(13)15)19(24)25)14-9-10-22(12-17(14)27-5)20(26)28-21(2,3)4/h6-8,11,14,17H,9-10,12H2,1-5H3,(H,24,25). The molecule has 2 aromatic rings. The molecule has 152 valence electrons. The van der Waals surface area contributed by atoms with Gasteiger partial charge in [-0.3, -0.25) is 4.57 Å². The number of para-hydroxylation sites is 1. The fourth-order valence-electron chi connectivity index (χ4n) is 3.93. The predicted octanol–water partition coefficient (Wildman–Crippen LogP) is 4.22. The van der Waals surface area contributed by atoms with Crippen molar-refractivity contribution in [2.75, 3.05) is 20.2 Å². The molecule has 1 fully saturated rings. The first-order valence-corrected chi connectivity index (χ1v) is 9.47. The summed E-state index contributed by atoms with van der Waals surface area (Å²) in [5.74, 6) is -0.00594. The van der Waals surface area contributed by atoms with E-state index in [2.05, 4.69) is 0 Å². The van der Waals surface area contributed by atoms with E-state index in [-0.39, 0.29) is 18.1 Å². The van der Waals surface area contributed by atoms with Gasteiger partial charge in [-0.15, -0.1) is 0 Å². The van der Waals surface area contributed by atoms with Crippen LogP contribution in [0.5, 0.6) is 0 Å². The maximum Gasteiger partial charge on any atom is 0.416 e. The van der Waals surface area contributed by atoms with Gasteiger partial charge < -0.3 is 19.5 Å². The van der Waals surface area contributed by atoms with Crippen molar-refractivity contribution in [3.05, 3.63) is 35.5 Å². The van der Waals surface area contributed by atoms with E-state index in [0.29, 0.717) is 25.0 Å². The number of hydrogen-bond acceptors (Lipinski definition) is 4.